The van der Waals surface area contributed by atoms with Crippen molar-refractivity contribution in [2.75, 3.05) is 14.0 Å². The van der Waals surface area contributed by atoms with Gasteiger partial charge in [-0.05, 0) is 18.4 Å². The van der Waals surface area contributed by atoms with Gasteiger partial charge in [-0.3, -0.25) is 14.4 Å². The first kappa shape index (κ1) is 28.3. The predicted molar refractivity (Wildman–Crippen MR) is 117 cm³/mol. The molecule has 34 heavy (non-hydrogen) atoms. The fourth-order valence-electron chi connectivity index (χ4n) is 2.69. The first-order valence-electron chi connectivity index (χ1n) is 10.5. The summed E-state index contributed by atoms with van der Waals surface area (Å²) >= 11 is 0. The molecule has 0 heterocycles. The van der Waals surface area contributed by atoms with E-state index in [4.69, 9.17) is 4.74 Å². The van der Waals surface area contributed by atoms with E-state index in [1.54, 1.807) is 38.1 Å². The van der Waals surface area contributed by atoms with Gasteiger partial charge in [-0.1, -0.05) is 44.2 Å². The van der Waals surface area contributed by atoms with E-state index in [0.717, 1.165) is 12.7 Å². The molecule has 1 aromatic rings. The molecule has 0 saturated carbocycles. The van der Waals surface area contributed by atoms with Gasteiger partial charge < -0.3 is 30.2 Å². The molecule has 0 spiro atoms. The lowest BCUT2D eigenvalue weighted by molar-refractivity contribution is -0.155. The number of alkyl halides is 1. The molecule has 11 nitrogen and oxygen atoms in total. The van der Waals surface area contributed by atoms with Crippen LogP contribution in [-0.2, 0) is 40.0 Å². The zero-order valence-electron chi connectivity index (χ0n) is 19.5. The summed E-state index contributed by atoms with van der Waals surface area (Å²) < 4.78 is 26.1. The highest BCUT2D eigenvalue weighted by molar-refractivity contribution is 5.93. The second-order valence-electron chi connectivity index (χ2n) is 7.57. The fraction of sp³-hybridized carbons (Fsp3) is 0.500. The third kappa shape index (κ3) is 9.84. The number of halogens is 1. The van der Waals surface area contributed by atoms with Gasteiger partial charge in [-0.25, -0.2) is 14.0 Å². The second-order valence-corrected chi connectivity index (χ2v) is 7.57. The number of hydrogen-bond donors (Lipinski definition) is 3. The van der Waals surface area contributed by atoms with Crippen molar-refractivity contribution in [1.29, 1.82) is 0 Å². The fourth-order valence-corrected chi connectivity index (χ4v) is 2.69. The van der Waals surface area contributed by atoms with Crippen LogP contribution in [0.5, 0.6) is 0 Å². The Hall–Kier alpha value is -3.70. The lowest BCUT2D eigenvalue weighted by Crippen LogP contribution is -2.56. The van der Waals surface area contributed by atoms with Crippen molar-refractivity contribution in [3.8, 4) is 0 Å². The van der Waals surface area contributed by atoms with Gasteiger partial charge in [-0.2, -0.15) is 0 Å². The number of benzene rings is 1. The molecule has 0 fully saturated rings. The number of carbonyl (C=O) groups is 5. The molecule has 0 radical (unpaired) electrons. The number of carbonyl (C=O) groups excluding carboxylic acids is 5. The molecule has 0 bridgehead atoms. The number of rotatable bonds is 12. The molecule has 3 unspecified atom stereocenters. The Balaban J connectivity index is 2.70. The van der Waals surface area contributed by atoms with E-state index in [-0.39, 0.29) is 12.5 Å². The zero-order valence-corrected chi connectivity index (χ0v) is 19.5. The summed E-state index contributed by atoms with van der Waals surface area (Å²) in [4.78, 5) is 60.6. The number of ether oxygens (including phenoxy) is 3. The molecule has 0 aliphatic carbocycles. The van der Waals surface area contributed by atoms with Crippen LogP contribution in [0.1, 0.15) is 32.8 Å². The average Bonchev–Trinajstić information content (AvgIpc) is 2.80. The van der Waals surface area contributed by atoms with Crippen LogP contribution in [0.4, 0.5) is 9.18 Å². The van der Waals surface area contributed by atoms with Crippen LogP contribution in [-0.4, -0.2) is 61.9 Å². The van der Waals surface area contributed by atoms with Crippen LogP contribution in [0, 0.1) is 5.92 Å². The monoisotopic (exact) mass is 483 g/mol. The highest BCUT2D eigenvalue weighted by Crippen LogP contribution is 2.06. The molecule has 3 N–H and O–H groups in total. The summed E-state index contributed by atoms with van der Waals surface area (Å²) in [5, 5.41) is 7.09. The summed E-state index contributed by atoms with van der Waals surface area (Å²) in [7, 11) is 1.08. The van der Waals surface area contributed by atoms with E-state index >= 15 is 0 Å². The van der Waals surface area contributed by atoms with Crippen molar-refractivity contribution in [2.24, 2.45) is 5.92 Å². The van der Waals surface area contributed by atoms with Gasteiger partial charge >= 0.3 is 18.0 Å². The maximum atomic E-state index is 12.7. The molecular formula is C22H30FN3O8. The first-order chi connectivity index (χ1) is 16.1. The molecule has 3 atom stereocenters. The van der Waals surface area contributed by atoms with Crippen LogP contribution in [0.2, 0.25) is 0 Å². The number of esters is 2. The number of hydrogen-bond acceptors (Lipinski definition) is 8. The Kier molecular flexibility index (Phi) is 12.0. The molecule has 1 aromatic carbocycles. The first-order valence-corrected chi connectivity index (χ1v) is 10.5. The number of alkyl carbamates (subject to hydrolysis) is 1. The van der Waals surface area contributed by atoms with Gasteiger partial charge in [0.05, 0.1) is 13.5 Å². The predicted octanol–water partition coefficient (Wildman–Crippen LogP) is 0.960. The number of amides is 3. The van der Waals surface area contributed by atoms with Crippen LogP contribution in [0.15, 0.2) is 30.3 Å². The van der Waals surface area contributed by atoms with Crippen molar-refractivity contribution in [1.82, 2.24) is 16.0 Å². The summed E-state index contributed by atoms with van der Waals surface area (Å²) in [6.07, 6.45) is -1.41. The number of methoxy groups -OCH3 is 1. The Morgan fingerprint density at radius 3 is 2.12 bits per heavy atom. The third-order valence-electron chi connectivity index (χ3n) is 4.58. The highest BCUT2D eigenvalue weighted by atomic mass is 19.1. The standard InChI is InChI=1S/C22H30FN3O8/c1-13(2)18(26-22(31)33-11-15-8-6-5-7-9-15)20(29)24-14(3)19(28)25-16(10-17(27)32-4)21(30)34-12-23/h5-9,13-14,16,18H,10-12H2,1-4H3,(H,24,29)(H,25,28)(H,26,31). The van der Waals surface area contributed by atoms with E-state index in [9.17, 15) is 28.4 Å². The highest BCUT2D eigenvalue weighted by Gasteiger charge is 2.31. The summed E-state index contributed by atoms with van der Waals surface area (Å²) in [5.74, 6) is -3.89. The smallest absolute Gasteiger partial charge is 0.408 e. The zero-order chi connectivity index (χ0) is 25.7. The maximum Gasteiger partial charge on any atom is 0.408 e. The van der Waals surface area contributed by atoms with Gasteiger partial charge in [0.15, 0.2) is 0 Å². The van der Waals surface area contributed by atoms with Crippen LogP contribution in [0.25, 0.3) is 0 Å². The van der Waals surface area contributed by atoms with E-state index in [2.05, 4.69) is 25.4 Å². The normalized spacial score (nSPS) is 13.1. The Morgan fingerprint density at radius 1 is 0.912 bits per heavy atom. The van der Waals surface area contributed by atoms with Gasteiger partial charge in [0.2, 0.25) is 18.7 Å². The molecule has 3 amide bonds. The second kappa shape index (κ2) is 14.4. The van der Waals surface area contributed by atoms with E-state index in [1.165, 1.54) is 6.92 Å². The van der Waals surface area contributed by atoms with Crippen LogP contribution in [0.3, 0.4) is 0 Å². The quantitative estimate of drug-likeness (QED) is 0.294. The van der Waals surface area contributed by atoms with Crippen LogP contribution >= 0.6 is 0 Å². The van der Waals surface area contributed by atoms with Crippen LogP contribution < -0.4 is 16.0 Å². The molecular weight excluding hydrogens is 453 g/mol. The van der Waals surface area contributed by atoms with E-state index in [0.29, 0.717) is 0 Å². The average molecular weight is 483 g/mol. The Labute approximate surface area is 196 Å². The lowest BCUT2D eigenvalue weighted by Gasteiger charge is -2.24. The Morgan fingerprint density at radius 2 is 1.56 bits per heavy atom. The van der Waals surface area contributed by atoms with Gasteiger partial charge in [0, 0.05) is 0 Å². The SMILES string of the molecule is COC(=O)CC(NC(=O)C(C)NC(=O)C(NC(=O)OCc1ccccc1)C(C)C)C(=O)OCF. The molecule has 0 aromatic heterocycles. The summed E-state index contributed by atoms with van der Waals surface area (Å²) in [5.41, 5.74) is 0.765. The van der Waals surface area contributed by atoms with Gasteiger partial charge in [-0.15, -0.1) is 0 Å². The van der Waals surface area contributed by atoms with Gasteiger partial charge in [0.25, 0.3) is 0 Å². The maximum absolute atomic E-state index is 12.7. The molecule has 1 rings (SSSR count). The summed E-state index contributed by atoms with van der Waals surface area (Å²) in [6, 6.07) is 5.24. The molecule has 0 aliphatic heterocycles. The van der Waals surface area contributed by atoms with Gasteiger partial charge in [0.1, 0.15) is 24.7 Å². The van der Waals surface area contributed by atoms with Crippen molar-refractivity contribution < 1.29 is 42.6 Å². The number of nitrogens with one attached hydrogen (secondary N) is 3. The van der Waals surface area contributed by atoms with E-state index in [1.807, 2.05) is 6.07 Å². The van der Waals surface area contributed by atoms with E-state index < -0.39 is 61.3 Å². The molecule has 0 aliphatic rings. The van der Waals surface area contributed by atoms with Crippen molar-refractivity contribution in [2.45, 2.75) is 51.9 Å². The lowest BCUT2D eigenvalue weighted by atomic mass is 10.0. The summed E-state index contributed by atoms with van der Waals surface area (Å²) in [6.45, 7) is 3.26. The molecule has 12 heteroatoms. The Bertz CT molecular complexity index is 850. The largest absolute Gasteiger partial charge is 0.469 e. The third-order valence-corrected chi connectivity index (χ3v) is 4.58. The molecule has 0 saturated heterocycles. The minimum Gasteiger partial charge on any atom is -0.469 e. The topological polar surface area (TPSA) is 149 Å². The molecule has 188 valence electrons. The van der Waals surface area contributed by atoms with Crippen molar-refractivity contribution in [3.05, 3.63) is 35.9 Å². The minimum atomic E-state index is -1.51. The minimum absolute atomic E-state index is 0.00841. The van der Waals surface area contributed by atoms with Crippen molar-refractivity contribution >= 4 is 29.8 Å². The van der Waals surface area contributed by atoms with Crippen molar-refractivity contribution in [3.63, 3.8) is 0 Å².